The lowest BCUT2D eigenvalue weighted by Gasteiger charge is -2.17. The van der Waals surface area contributed by atoms with E-state index in [0.717, 1.165) is 29.4 Å². The third kappa shape index (κ3) is 2.10. The fraction of sp³-hybridized carbons (Fsp3) is 0.438. The zero-order valence-electron chi connectivity index (χ0n) is 11.9. The van der Waals surface area contributed by atoms with E-state index < -0.39 is 0 Å². The zero-order valence-corrected chi connectivity index (χ0v) is 11.9. The summed E-state index contributed by atoms with van der Waals surface area (Å²) in [5, 5.41) is 10.7. The summed E-state index contributed by atoms with van der Waals surface area (Å²) < 4.78 is 1.99. The normalized spacial score (nSPS) is 20.6. The smallest absolute Gasteiger partial charge is 0.256 e. The molecule has 1 aromatic heterocycles. The molecule has 2 atom stereocenters. The summed E-state index contributed by atoms with van der Waals surface area (Å²) in [4.78, 5) is 14.5. The van der Waals surface area contributed by atoms with Crippen molar-refractivity contribution in [3.8, 4) is 0 Å². The van der Waals surface area contributed by atoms with Gasteiger partial charge in [-0.05, 0) is 19.4 Å². The number of para-hydroxylation sites is 1. The van der Waals surface area contributed by atoms with E-state index in [1.54, 1.807) is 6.92 Å². The van der Waals surface area contributed by atoms with Gasteiger partial charge in [0.2, 0.25) is 0 Å². The first-order valence-electron chi connectivity index (χ1n) is 7.09. The summed E-state index contributed by atoms with van der Waals surface area (Å²) in [6.45, 7) is 3.19. The number of likely N-dealkylation sites (tertiary alicyclic amines) is 1. The van der Waals surface area contributed by atoms with Crippen molar-refractivity contribution in [3.05, 3.63) is 36.0 Å². The third-order valence-corrected chi connectivity index (χ3v) is 4.32. The van der Waals surface area contributed by atoms with Crippen molar-refractivity contribution >= 4 is 16.8 Å². The molecule has 2 heterocycles. The molecular weight excluding hydrogens is 252 g/mol. The van der Waals surface area contributed by atoms with Gasteiger partial charge in [-0.25, -0.2) is 0 Å². The van der Waals surface area contributed by atoms with Crippen molar-refractivity contribution in [2.45, 2.75) is 19.4 Å². The molecule has 20 heavy (non-hydrogen) atoms. The largest absolute Gasteiger partial charge is 0.393 e. The minimum absolute atomic E-state index is 0.0740. The lowest BCUT2D eigenvalue weighted by Crippen LogP contribution is -2.30. The first-order chi connectivity index (χ1) is 9.58. The van der Waals surface area contributed by atoms with E-state index in [2.05, 4.69) is 0 Å². The van der Waals surface area contributed by atoms with Crippen molar-refractivity contribution in [2.75, 3.05) is 13.1 Å². The highest BCUT2D eigenvalue weighted by molar-refractivity contribution is 6.07. The van der Waals surface area contributed by atoms with Crippen molar-refractivity contribution in [3.63, 3.8) is 0 Å². The summed E-state index contributed by atoms with van der Waals surface area (Å²) in [6, 6.07) is 7.96. The number of aromatic nitrogens is 1. The Bertz CT molecular complexity index is 645. The Morgan fingerprint density at radius 3 is 2.85 bits per heavy atom. The number of aliphatic hydroxyl groups is 1. The number of hydrogen-bond acceptors (Lipinski definition) is 2. The fourth-order valence-corrected chi connectivity index (χ4v) is 3.05. The van der Waals surface area contributed by atoms with Crippen molar-refractivity contribution in [2.24, 2.45) is 13.0 Å². The molecule has 0 saturated carbocycles. The van der Waals surface area contributed by atoms with E-state index in [4.69, 9.17) is 0 Å². The highest BCUT2D eigenvalue weighted by atomic mass is 16.3. The highest BCUT2D eigenvalue weighted by Gasteiger charge is 2.30. The molecule has 4 nitrogen and oxygen atoms in total. The molecule has 2 unspecified atom stereocenters. The first kappa shape index (κ1) is 13.2. The average molecular weight is 272 g/mol. The van der Waals surface area contributed by atoms with Gasteiger partial charge in [-0.15, -0.1) is 0 Å². The number of amides is 1. The van der Waals surface area contributed by atoms with Crippen LogP contribution in [0.3, 0.4) is 0 Å². The van der Waals surface area contributed by atoms with Gasteiger partial charge in [-0.3, -0.25) is 4.79 Å². The minimum Gasteiger partial charge on any atom is -0.393 e. The van der Waals surface area contributed by atoms with Gasteiger partial charge in [0.05, 0.1) is 11.7 Å². The Morgan fingerprint density at radius 2 is 2.15 bits per heavy atom. The van der Waals surface area contributed by atoms with E-state index in [0.29, 0.717) is 6.54 Å². The molecule has 0 aliphatic carbocycles. The fourth-order valence-electron chi connectivity index (χ4n) is 3.05. The topological polar surface area (TPSA) is 45.5 Å². The molecule has 4 heteroatoms. The maximum absolute atomic E-state index is 12.7. The second-order valence-corrected chi connectivity index (χ2v) is 5.71. The van der Waals surface area contributed by atoms with Crippen LogP contribution in [-0.4, -0.2) is 39.7 Å². The predicted octanol–water partition coefficient (Wildman–Crippen LogP) is 2.02. The molecule has 1 fully saturated rings. The standard InChI is InChI=1S/C16H20N2O2/c1-11(19)12-7-8-18(9-12)16(20)14-10-17(2)15-6-4-3-5-13(14)15/h3-6,10-12,19H,7-9H2,1-2H3. The molecule has 3 rings (SSSR count). The van der Waals surface area contributed by atoms with Crippen molar-refractivity contribution in [1.29, 1.82) is 0 Å². The Morgan fingerprint density at radius 1 is 1.40 bits per heavy atom. The van der Waals surface area contributed by atoms with Crippen LogP contribution < -0.4 is 0 Å². The van der Waals surface area contributed by atoms with Gasteiger partial charge in [-0.1, -0.05) is 18.2 Å². The zero-order chi connectivity index (χ0) is 14.3. The lowest BCUT2D eigenvalue weighted by atomic mass is 10.0. The summed E-state index contributed by atoms with van der Waals surface area (Å²) in [7, 11) is 1.96. The van der Waals surface area contributed by atoms with Crippen LogP contribution in [0.1, 0.15) is 23.7 Å². The van der Waals surface area contributed by atoms with Gasteiger partial charge >= 0.3 is 0 Å². The predicted molar refractivity (Wildman–Crippen MR) is 78.6 cm³/mol. The van der Waals surface area contributed by atoms with E-state index in [1.807, 2.05) is 47.0 Å². The molecule has 1 aliphatic heterocycles. The summed E-state index contributed by atoms with van der Waals surface area (Å²) in [5.41, 5.74) is 1.83. The number of aryl methyl sites for hydroxylation is 1. The molecular formula is C16H20N2O2. The monoisotopic (exact) mass is 272 g/mol. The minimum atomic E-state index is -0.347. The Kier molecular flexibility index (Phi) is 3.26. The van der Waals surface area contributed by atoms with Crippen molar-refractivity contribution < 1.29 is 9.90 Å². The van der Waals surface area contributed by atoms with Crippen LogP contribution in [0.15, 0.2) is 30.5 Å². The van der Waals surface area contributed by atoms with Crippen LogP contribution in [0.25, 0.3) is 10.9 Å². The van der Waals surface area contributed by atoms with E-state index in [1.165, 1.54) is 0 Å². The number of hydrogen-bond donors (Lipinski definition) is 1. The molecule has 106 valence electrons. The lowest BCUT2D eigenvalue weighted by molar-refractivity contribution is 0.0764. The van der Waals surface area contributed by atoms with Crippen LogP contribution in [0.5, 0.6) is 0 Å². The first-order valence-corrected chi connectivity index (χ1v) is 7.09. The van der Waals surface area contributed by atoms with Gasteiger partial charge in [0.25, 0.3) is 5.91 Å². The average Bonchev–Trinajstić information content (AvgIpc) is 3.04. The van der Waals surface area contributed by atoms with Crippen molar-refractivity contribution in [1.82, 2.24) is 9.47 Å². The Balaban J connectivity index is 1.90. The molecule has 2 aromatic rings. The number of carbonyl (C=O) groups excluding carboxylic acids is 1. The van der Waals surface area contributed by atoms with Crippen LogP contribution in [0, 0.1) is 5.92 Å². The van der Waals surface area contributed by atoms with Gasteiger partial charge in [0, 0.05) is 43.2 Å². The molecule has 1 aliphatic rings. The molecule has 0 bridgehead atoms. The van der Waals surface area contributed by atoms with Gasteiger partial charge in [-0.2, -0.15) is 0 Å². The maximum Gasteiger partial charge on any atom is 0.256 e. The molecule has 1 amide bonds. The Hall–Kier alpha value is -1.81. The number of benzene rings is 1. The molecule has 1 saturated heterocycles. The van der Waals surface area contributed by atoms with Crippen LogP contribution >= 0.6 is 0 Å². The number of nitrogens with zero attached hydrogens (tertiary/aromatic N) is 2. The maximum atomic E-state index is 12.7. The second-order valence-electron chi connectivity index (χ2n) is 5.71. The van der Waals surface area contributed by atoms with Gasteiger partial charge in [0.1, 0.15) is 0 Å². The van der Waals surface area contributed by atoms with Crippen LogP contribution in [0.4, 0.5) is 0 Å². The third-order valence-electron chi connectivity index (χ3n) is 4.32. The molecule has 0 spiro atoms. The van der Waals surface area contributed by atoms with Gasteiger partial charge < -0.3 is 14.6 Å². The van der Waals surface area contributed by atoms with Crippen LogP contribution in [0.2, 0.25) is 0 Å². The summed E-state index contributed by atoms with van der Waals surface area (Å²) in [5.74, 6) is 0.277. The Labute approximate surface area is 118 Å². The number of fused-ring (bicyclic) bond motifs is 1. The summed E-state index contributed by atoms with van der Waals surface area (Å²) in [6.07, 6.45) is 2.44. The van der Waals surface area contributed by atoms with E-state index in [9.17, 15) is 9.90 Å². The molecule has 0 radical (unpaired) electrons. The van der Waals surface area contributed by atoms with Gasteiger partial charge in [0.15, 0.2) is 0 Å². The van der Waals surface area contributed by atoms with E-state index in [-0.39, 0.29) is 17.9 Å². The molecule has 1 aromatic carbocycles. The number of aliphatic hydroxyl groups excluding tert-OH is 1. The second kappa shape index (κ2) is 4.94. The van der Waals surface area contributed by atoms with E-state index >= 15 is 0 Å². The number of carbonyl (C=O) groups is 1. The highest BCUT2D eigenvalue weighted by Crippen LogP contribution is 2.26. The quantitative estimate of drug-likeness (QED) is 0.909. The SMILES string of the molecule is CC(O)C1CCN(C(=O)c2cn(C)c3ccccc23)C1. The molecule has 1 N–H and O–H groups in total. The summed E-state index contributed by atoms with van der Waals surface area (Å²) >= 11 is 0. The number of rotatable bonds is 2. The van der Waals surface area contributed by atoms with Crippen LogP contribution in [-0.2, 0) is 7.05 Å².